The van der Waals surface area contributed by atoms with Crippen molar-refractivity contribution in [2.75, 3.05) is 13.2 Å². The van der Waals surface area contributed by atoms with E-state index in [2.05, 4.69) is 31.2 Å². The first kappa shape index (κ1) is 15.5. The number of hydrogen-bond acceptors (Lipinski definition) is 4. The van der Waals surface area contributed by atoms with Crippen LogP contribution in [-0.2, 0) is 7.05 Å². The summed E-state index contributed by atoms with van der Waals surface area (Å²) in [6.07, 6.45) is 5.93. The average Bonchev–Trinajstić information content (AvgIpc) is 2.72. The molecule has 18 heavy (non-hydrogen) atoms. The topological polar surface area (TPSA) is 50.1 Å². The highest BCUT2D eigenvalue weighted by atomic mass is 32.2. The zero-order valence-electron chi connectivity index (χ0n) is 11.8. The van der Waals surface area contributed by atoms with Crippen molar-refractivity contribution in [3.05, 3.63) is 12.4 Å². The molecule has 0 aliphatic carbocycles. The summed E-state index contributed by atoms with van der Waals surface area (Å²) in [5.74, 6) is 0. The quantitative estimate of drug-likeness (QED) is 0.711. The molecule has 0 saturated heterocycles. The summed E-state index contributed by atoms with van der Waals surface area (Å²) in [5, 5.41) is 17.6. The van der Waals surface area contributed by atoms with Crippen LogP contribution >= 0.6 is 11.8 Å². The van der Waals surface area contributed by atoms with Gasteiger partial charge in [0.05, 0.1) is 12.8 Å². The molecule has 0 bridgehead atoms. The van der Waals surface area contributed by atoms with Gasteiger partial charge in [-0.25, -0.2) is 0 Å². The van der Waals surface area contributed by atoms with Gasteiger partial charge in [-0.1, -0.05) is 13.8 Å². The largest absolute Gasteiger partial charge is 0.394 e. The first-order valence-corrected chi connectivity index (χ1v) is 7.38. The van der Waals surface area contributed by atoms with Gasteiger partial charge in [0.2, 0.25) is 0 Å². The monoisotopic (exact) mass is 271 g/mol. The predicted octanol–water partition coefficient (Wildman–Crippen LogP) is 2.04. The SMILES string of the molecule is CCCNC(C)(CO)CC(C)Sc1cnn(C)c1. The van der Waals surface area contributed by atoms with Crippen LogP contribution in [-0.4, -0.2) is 38.8 Å². The molecule has 2 N–H and O–H groups in total. The van der Waals surface area contributed by atoms with Crippen molar-refractivity contribution >= 4 is 11.8 Å². The Morgan fingerprint density at radius 2 is 2.33 bits per heavy atom. The van der Waals surface area contributed by atoms with Gasteiger partial charge in [-0.3, -0.25) is 4.68 Å². The molecule has 5 heteroatoms. The maximum Gasteiger partial charge on any atom is 0.0625 e. The maximum absolute atomic E-state index is 9.54. The molecule has 1 heterocycles. The van der Waals surface area contributed by atoms with Crippen LogP contribution in [0, 0.1) is 0 Å². The van der Waals surface area contributed by atoms with Gasteiger partial charge in [0, 0.05) is 28.9 Å². The summed E-state index contributed by atoms with van der Waals surface area (Å²) < 4.78 is 1.82. The lowest BCUT2D eigenvalue weighted by molar-refractivity contribution is 0.166. The third kappa shape index (κ3) is 5.00. The molecule has 0 aliphatic heterocycles. The minimum absolute atomic E-state index is 0.172. The summed E-state index contributed by atoms with van der Waals surface area (Å²) in [6, 6.07) is 0. The molecule has 1 aromatic heterocycles. The highest BCUT2D eigenvalue weighted by Gasteiger charge is 2.25. The molecule has 1 aromatic rings. The van der Waals surface area contributed by atoms with E-state index in [-0.39, 0.29) is 12.1 Å². The summed E-state index contributed by atoms with van der Waals surface area (Å²) >= 11 is 1.81. The van der Waals surface area contributed by atoms with Crippen LogP contribution in [0.2, 0.25) is 0 Å². The highest BCUT2D eigenvalue weighted by molar-refractivity contribution is 7.99. The number of nitrogens with one attached hydrogen (secondary N) is 1. The van der Waals surface area contributed by atoms with Crippen LogP contribution in [0.4, 0.5) is 0 Å². The van der Waals surface area contributed by atoms with E-state index in [1.807, 2.05) is 24.1 Å². The Labute approximate surface area is 114 Å². The lowest BCUT2D eigenvalue weighted by Gasteiger charge is -2.31. The van der Waals surface area contributed by atoms with Crippen LogP contribution < -0.4 is 5.32 Å². The van der Waals surface area contributed by atoms with Crippen LogP contribution in [0.5, 0.6) is 0 Å². The van der Waals surface area contributed by atoms with Gasteiger partial charge in [-0.15, -0.1) is 11.8 Å². The van der Waals surface area contributed by atoms with Crippen LogP contribution in [0.25, 0.3) is 0 Å². The second-order valence-electron chi connectivity index (χ2n) is 5.13. The van der Waals surface area contributed by atoms with E-state index in [0.717, 1.165) is 19.4 Å². The molecular weight excluding hydrogens is 246 g/mol. The van der Waals surface area contributed by atoms with Gasteiger partial charge < -0.3 is 10.4 Å². The Bertz CT molecular complexity index is 356. The Kier molecular flexibility index (Phi) is 6.18. The third-order valence-corrected chi connectivity index (χ3v) is 3.96. The molecule has 2 atom stereocenters. The minimum atomic E-state index is -0.190. The van der Waals surface area contributed by atoms with E-state index in [4.69, 9.17) is 0 Å². The van der Waals surface area contributed by atoms with Gasteiger partial charge in [0.15, 0.2) is 0 Å². The molecule has 0 aromatic carbocycles. The Balaban J connectivity index is 2.48. The second kappa shape index (κ2) is 7.16. The zero-order chi connectivity index (χ0) is 13.6. The lowest BCUT2D eigenvalue weighted by Crippen LogP contribution is -2.47. The van der Waals surface area contributed by atoms with E-state index in [1.54, 1.807) is 11.8 Å². The number of hydrogen-bond donors (Lipinski definition) is 2. The van der Waals surface area contributed by atoms with Crippen molar-refractivity contribution in [1.82, 2.24) is 15.1 Å². The van der Waals surface area contributed by atoms with Crippen molar-refractivity contribution < 1.29 is 5.11 Å². The van der Waals surface area contributed by atoms with Crippen molar-refractivity contribution in [2.24, 2.45) is 7.05 Å². The van der Waals surface area contributed by atoms with E-state index in [0.29, 0.717) is 5.25 Å². The average molecular weight is 271 g/mol. The fraction of sp³-hybridized carbons (Fsp3) is 0.769. The molecule has 0 spiro atoms. The molecule has 0 amide bonds. The number of aryl methyl sites for hydroxylation is 1. The Morgan fingerprint density at radius 3 is 2.83 bits per heavy atom. The standard InChI is InChI=1S/C13H25N3OS/c1-5-6-14-13(3,10-17)7-11(2)18-12-8-15-16(4)9-12/h8-9,11,14,17H,5-7,10H2,1-4H3. The molecular formula is C13H25N3OS. The summed E-state index contributed by atoms with van der Waals surface area (Å²) in [6.45, 7) is 7.53. The summed E-state index contributed by atoms with van der Waals surface area (Å²) in [5.41, 5.74) is -0.190. The van der Waals surface area contributed by atoms with Gasteiger partial charge >= 0.3 is 0 Å². The fourth-order valence-electron chi connectivity index (χ4n) is 1.99. The first-order valence-electron chi connectivity index (χ1n) is 6.50. The Morgan fingerprint density at radius 1 is 1.61 bits per heavy atom. The van der Waals surface area contributed by atoms with Crippen molar-refractivity contribution in [3.63, 3.8) is 0 Å². The van der Waals surface area contributed by atoms with E-state index < -0.39 is 0 Å². The molecule has 0 saturated carbocycles. The summed E-state index contributed by atoms with van der Waals surface area (Å²) in [7, 11) is 1.93. The number of rotatable bonds is 8. The summed E-state index contributed by atoms with van der Waals surface area (Å²) in [4.78, 5) is 1.18. The maximum atomic E-state index is 9.54. The van der Waals surface area contributed by atoms with Crippen molar-refractivity contribution in [1.29, 1.82) is 0 Å². The number of thioether (sulfide) groups is 1. The van der Waals surface area contributed by atoms with Crippen LogP contribution in [0.1, 0.15) is 33.6 Å². The number of nitrogens with zero attached hydrogens (tertiary/aromatic N) is 2. The molecule has 104 valence electrons. The molecule has 0 radical (unpaired) electrons. The second-order valence-corrected chi connectivity index (χ2v) is 6.64. The van der Waals surface area contributed by atoms with Gasteiger partial charge in [0.1, 0.15) is 0 Å². The molecule has 1 rings (SSSR count). The van der Waals surface area contributed by atoms with Crippen LogP contribution in [0.15, 0.2) is 17.3 Å². The smallest absolute Gasteiger partial charge is 0.0625 e. The third-order valence-electron chi connectivity index (χ3n) is 2.91. The fourth-order valence-corrected chi connectivity index (χ4v) is 3.22. The van der Waals surface area contributed by atoms with Crippen molar-refractivity contribution in [2.45, 2.75) is 49.3 Å². The van der Waals surface area contributed by atoms with E-state index in [9.17, 15) is 5.11 Å². The first-order chi connectivity index (χ1) is 8.49. The van der Waals surface area contributed by atoms with E-state index in [1.165, 1.54) is 4.90 Å². The Hall–Kier alpha value is -0.520. The normalized spacial score (nSPS) is 16.5. The number of aliphatic hydroxyl groups is 1. The highest BCUT2D eigenvalue weighted by Crippen LogP contribution is 2.28. The zero-order valence-corrected chi connectivity index (χ0v) is 12.6. The number of aromatic nitrogens is 2. The molecule has 0 aliphatic rings. The number of aliphatic hydroxyl groups excluding tert-OH is 1. The van der Waals surface area contributed by atoms with Gasteiger partial charge in [-0.2, -0.15) is 5.10 Å². The van der Waals surface area contributed by atoms with Gasteiger partial charge in [-0.05, 0) is 26.3 Å². The van der Waals surface area contributed by atoms with Crippen LogP contribution in [0.3, 0.4) is 0 Å². The molecule has 0 fully saturated rings. The van der Waals surface area contributed by atoms with E-state index >= 15 is 0 Å². The molecule has 2 unspecified atom stereocenters. The van der Waals surface area contributed by atoms with Gasteiger partial charge in [0.25, 0.3) is 0 Å². The lowest BCUT2D eigenvalue weighted by atomic mass is 9.97. The van der Waals surface area contributed by atoms with Crippen molar-refractivity contribution in [3.8, 4) is 0 Å². The molecule has 4 nitrogen and oxygen atoms in total. The predicted molar refractivity (Wildman–Crippen MR) is 76.9 cm³/mol. The minimum Gasteiger partial charge on any atom is -0.394 e.